The van der Waals surface area contributed by atoms with E-state index in [4.69, 9.17) is 21.6 Å². The number of aryl methyl sites for hydroxylation is 2. The molecule has 2 aromatic heterocycles. The molecule has 0 saturated heterocycles. The molecule has 122 valence electrons. The average molecular weight is 341 g/mol. The van der Waals surface area contributed by atoms with Crippen molar-refractivity contribution in [3.05, 3.63) is 46.4 Å². The summed E-state index contributed by atoms with van der Waals surface area (Å²) in [6.45, 7) is 1.84. The molecule has 0 spiro atoms. The number of fused-ring (bicyclic) bond motifs is 1. The molecule has 4 rings (SSSR count). The van der Waals surface area contributed by atoms with E-state index in [0.29, 0.717) is 22.6 Å². The number of aromatic amines is 1. The summed E-state index contributed by atoms with van der Waals surface area (Å²) >= 11 is 5.98. The van der Waals surface area contributed by atoms with E-state index in [9.17, 15) is 0 Å². The van der Waals surface area contributed by atoms with Crippen LogP contribution in [0.2, 0.25) is 5.02 Å². The van der Waals surface area contributed by atoms with Gasteiger partial charge in [-0.05, 0) is 56.9 Å². The van der Waals surface area contributed by atoms with E-state index in [-0.39, 0.29) is 0 Å². The second-order valence-electron chi connectivity index (χ2n) is 5.89. The van der Waals surface area contributed by atoms with Crippen LogP contribution in [0, 0.1) is 6.92 Å². The second-order valence-corrected chi connectivity index (χ2v) is 6.33. The van der Waals surface area contributed by atoms with Crippen molar-refractivity contribution in [2.45, 2.75) is 32.6 Å². The summed E-state index contributed by atoms with van der Waals surface area (Å²) in [5.41, 5.74) is 3.23. The molecule has 0 saturated carbocycles. The SMILES string of the molecule is Cc1n[nH]c(Nc2nc(-c3ccc(Cl)cc3)nc3c2CCCC3)n1. The Bertz CT molecular complexity index is 871. The van der Waals surface area contributed by atoms with Gasteiger partial charge < -0.3 is 5.32 Å². The molecule has 1 aliphatic carbocycles. The minimum atomic E-state index is 0.598. The van der Waals surface area contributed by atoms with Crippen molar-refractivity contribution in [1.29, 1.82) is 0 Å². The van der Waals surface area contributed by atoms with Gasteiger partial charge in [-0.2, -0.15) is 10.1 Å². The number of benzene rings is 1. The highest BCUT2D eigenvalue weighted by atomic mass is 35.5. The summed E-state index contributed by atoms with van der Waals surface area (Å²) in [5, 5.41) is 10.9. The lowest BCUT2D eigenvalue weighted by Crippen LogP contribution is -2.12. The molecule has 0 aliphatic heterocycles. The molecule has 3 aromatic rings. The fourth-order valence-corrected chi connectivity index (χ4v) is 3.07. The molecule has 1 aromatic carbocycles. The Morgan fingerprint density at radius 1 is 1.04 bits per heavy atom. The molecular weight excluding hydrogens is 324 g/mol. The molecule has 7 heteroatoms. The van der Waals surface area contributed by atoms with Gasteiger partial charge in [-0.1, -0.05) is 11.6 Å². The Morgan fingerprint density at radius 2 is 1.83 bits per heavy atom. The third-order valence-electron chi connectivity index (χ3n) is 4.12. The van der Waals surface area contributed by atoms with Crippen LogP contribution in [0.5, 0.6) is 0 Å². The first-order valence-electron chi connectivity index (χ1n) is 8.01. The lowest BCUT2D eigenvalue weighted by atomic mass is 9.96. The van der Waals surface area contributed by atoms with Gasteiger partial charge >= 0.3 is 0 Å². The van der Waals surface area contributed by atoms with Gasteiger partial charge in [0.2, 0.25) is 5.95 Å². The van der Waals surface area contributed by atoms with Crippen LogP contribution < -0.4 is 5.32 Å². The largest absolute Gasteiger partial charge is 0.309 e. The highest BCUT2D eigenvalue weighted by Gasteiger charge is 2.19. The van der Waals surface area contributed by atoms with E-state index in [1.807, 2.05) is 31.2 Å². The number of hydrogen-bond acceptors (Lipinski definition) is 5. The summed E-state index contributed by atoms with van der Waals surface area (Å²) in [6, 6.07) is 7.59. The third-order valence-corrected chi connectivity index (χ3v) is 4.37. The molecule has 0 radical (unpaired) electrons. The minimum absolute atomic E-state index is 0.598. The van der Waals surface area contributed by atoms with Gasteiger partial charge in [-0.25, -0.2) is 15.1 Å². The summed E-state index contributed by atoms with van der Waals surface area (Å²) in [7, 11) is 0. The van der Waals surface area contributed by atoms with E-state index in [2.05, 4.69) is 20.5 Å². The summed E-state index contributed by atoms with van der Waals surface area (Å²) in [4.78, 5) is 13.8. The minimum Gasteiger partial charge on any atom is -0.309 e. The van der Waals surface area contributed by atoms with Crippen molar-refractivity contribution in [3.63, 3.8) is 0 Å². The molecule has 1 aliphatic rings. The van der Waals surface area contributed by atoms with Crippen LogP contribution in [0.4, 0.5) is 11.8 Å². The van der Waals surface area contributed by atoms with Crippen molar-refractivity contribution in [3.8, 4) is 11.4 Å². The predicted octanol–water partition coefficient (Wildman–Crippen LogP) is 3.85. The maximum absolute atomic E-state index is 5.98. The molecule has 0 amide bonds. The van der Waals surface area contributed by atoms with Gasteiger partial charge in [0.1, 0.15) is 11.6 Å². The van der Waals surface area contributed by atoms with Crippen molar-refractivity contribution in [2.75, 3.05) is 5.32 Å². The molecule has 0 fully saturated rings. The molecule has 0 bridgehead atoms. The molecule has 0 atom stereocenters. The predicted molar refractivity (Wildman–Crippen MR) is 93.5 cm³/mol. The van der Waals surface area contributed by atoms with Gasteiger partial charge in [0.25, 0.3) is 0 Å². The molecule has 2 heterocycles. The van der Waals surface area contributed by atoms with E-state index in [1.165, 1.54) is 5.56 Å². The lowest BCUT2D eigenvalue weighted by Gasteiger charge is -2.19. The number of nitrogens with one attached hydrogen (secondary N) is 2. The zero-order valence-electron chi connectivity index (χ0n) is 13.3. The first-order valence-corrected chi connectivity index (χ1v) is 8.38. The Kier molecular flexibility index (Phi) is 3.90. The van der Waals surface area contributed by atoms with Crippen LogP contribution in [0.15, 0.2) is 24.3 Å². The van der Waals surface area contributed by atoms with Crippen molar-refractivity contribution >= 4 is 23.4 Å². The summed E-state index contributed by atoms with van der Waals surface area (Å²) < 4.78 is 0. The van der Waals surface area contributed by atoms with Gasteiger partial charge in [-0.3, -0.25) is 0 Å². The number of aromatic nitrogens is 5. The van der Waals surface area contributed by atoms with Crippen molar-refractivity contribution in [2.24, 2.45) is 0 Å². The number of H-pyrrole nitrogens is 1. The highest BCUT2D eigenvalue weighted by Crippen LogP contribution is 2.30. The number of halogens is 1. The van der Waals surface area contributed by atoms with Crippen LogP contribution >= 0.6 is 11.6 Å². The number of nitrogens with zero attached hydrogens (tertiary/aromatic N) is 4. The second kappa shape index (κ2) is 6.20. The third kappa shape index (κ3) is 2.97. The van der Waals surface area contributed by atoms with Crippen LogP contribution in [-0.4, -0.2) is 25.1 Å². The Morgan fingerprint density at radius 3 is 2.58 bits per heavy atom. The molecular formula is C17H17ClN6. The van der Waals surface area contributed by atoms with E-state index < -0.39 is 0 Å². The Hall–Kier alpha value is -2.47. The van der Waals surface area contributed by atoms with Crippen molar-refractivity contribution in [1.82, 2.24) is 25.1 Å². The van der Waals surface area contributed by atoms with Crippen LogP contribution in [0.3, 0.4) is 0 Å². The first kappa shape index (κ1) is 15.1. The summed E-state index contributed by atoms with van der Waals surface area (Å²) in [5.74, 6) is 2.80. The van der Waals surface area contributed by atoms with E-state index >= 15 is 0 Å². The zero-order chi connectivity index (χ0) is 16.5. The van der Waals surface area contributed by atoms with Crippen molar-refractivity contribution < 1.29 is 0 Å². The lowest BCUT2D eigenvalue weighted by molar-refractivity contribution is 0.665. The summed E-state index contributed by atoms with van der Waals surface area (Å²) in [6.07, 6.45) is 4.26. The quantitative estimate of drug-likeness (QED) is 0.757. The number of hydrogen-bond donors (Lipinski definition) is 2. The van der Waals surface area contributed by atoms with Crippen LogP contribution in [0.25, 0.3) is 11.4 Å². The molecule has 6 nitrogen and oxygen atoms in total. The topological polar surface area (TPSA) is 79.4 Å². The standard InChI is InChI=1S/C17H17ClN6/c1-10-19-17(24-23-10)22-16-13-4-2-3-5-14(13)20-15(21-16)11-6-8-12(18)9-7-11/h6-9H,2-5H2,1H3,(H2,19,20,21,22,23,24). The van der Waals surface area contributed by atoms with Gasteiger partial charge in [-0.15, -0.1) is 0 Å². The fourth-order valence-electron chi connectivity index (χ4n) is 2.94. The highest BCUT2D eigenvalue weighted by molar-refractivity contribution is 6.30. The van der Waals surface area contributed by atoms with Crippen LogP contribution in [-0.2, 0) is 12.8 Å². The Labute approximate surface area is 144 Å². The molecule has 0 unspecified atom stereocenters. The smallest absolute Gasteiger partial charge is 0.224 e. The maximum atomic E-state index is 5.98. The monoisotopic (exact) mass is 340 g/mol. The van der Waals surface area contributed by atoms with Gasteiger partial charge in [0.15, 0.2) is 5.82 Å². The average Bonchev–Trinajstić information content (AvgIpc) is 3.00. The Balaban J connectivity index is 1.78. The number of anilines is 2. The number of rotatable bonds is 3. The maximum Gasteiger partial charge on any atom is 0.224 e. The zero-order valence-corrected chi connectivity index (χ0v) is 14.1. The fraction of sp³-hybridized carbons (Fsp3) is 0.294. The van der Waals surface area contributed by atoms with E-state index in [1.54, 1.807) is 0 Å². The van der Waals surface area contributed by atoms with Crippen LogP contribution in [0.1, 0.15) is 29.9 Å². The van der Waals surface area contributed by atoms with Gasteiger partial charge in [0, 0.05) is 21.8 Å². The molecule has 2 N–H and O–H groups in total. The van der Waals surface area contributed by atoms with E-state index in [0.717, 1.165) is 42.8 Å². The normalized spacial score (nSPS) is 13.6. The first-order chi connectivity index (χ1) is 11.7. The van der Waals surface area contributed by atoms with Gasteiger partial charge in [0.05, 0.1) is 0 Å². The molecule has 24 heavy (non-hydrogen) atoms.